The van der Waals surface area contributed by atoms with Crippen LogP contribution in [-0.4, -0.2) is 65.3 Å². The summed E-state index contributed by atoms with van der Waals surface area (Å²) in [6, 6.07) is 9.65. The molecule has 0 spiro atoms. The van der Waals surface area contributed by atoms with Crippen LogP contribution in [0.15, 0.2) is 42.7 Å². The number of anilines is 2. The van der Waals surface area contributed by atoms with Gasteiger partial charge < -0.3 is 19.5 Å². The Bertz CT molecular complexity index is 1520. The first-order chi connectivity index (χ1) is 21.9. The molecule has 1 saturated heterocycles. The number of rotatable bonds is 12. The Morgan fingerprint density at radius 2 is 1.78 bits per heavy atom. The molecule has 0 radical (unpaired) electrons. The molecule has 1 atom stereocenters. The molecule has 0 bridgehead atoms. The summed E-state index contributed by atoms with van der Waals surface area (Å²) in [5, 5.41) is 9.40. The molecule has 1 aliphatic carbocycles. The molecule has 1 saturated carbocycles. The van der Waals surface area contributed by atoms with E-state index in [4.69, 9.17) is 14.5 Å². The Hall–Kier alpha value is -4.21. The Morgan fingerprint density at radius 3 is 2.41 bits per heavy atom. The van der Waals surface area contributed by atoms with Crippen molar-refractivity contribution < 1.29 is 24.2 Å². The van der Waals surface area contributed by atoms with E-state index < -0.39 is 5.97 Å². The maximum atomic E-state index is 14.3. The van der Waals surface area contributed by atoms with Crippen LogP contribution in [0.3, 0.4) is 0 Å². The Labute approximate surface area is 272 Å². The number of hydrogen-bond acceptors (Lipinski definition) is 8. The summed E-state index contributed by atoms with van der Waals surface area (Å²) in [5.41, 5.74) is 4.08. The van der Waals surface area contributed by atoms with Gasteiger partial charge in [0, 0.05) is 49.9 Å². The Balaban J connectivity index is 1.29. The first-order valence-electron chi connectivity index (χ1n) is 16.3. The van der Waals surface area contributed by atoms with Gasteiger partial charge in [0.2, 0.25) is 11.8 Å². The SMILES string of the molecule is COc1cc(N2CCC(COc3cc(C(CC(=O)O)C4CC4)ccn3)CC2)c(C(=O)N(CC(C)(C)C)c2cc(C)cc(C)n2)cn1. The van der Waals surface area contributed by atoms with Crippen molar-refractivity contribution in [1.29, 1.82) is 0 Å². The summed E-state index contributed by atoms with van der Waals surface area (Å²) in [6.07, 6.45) is 7.38. The number of carboxylic acid groups (broad SMARTS) is 1. The average Bonchev–Trinajstić information content (AvgIpc) is 3.86. The Morgan fingerprint density at radius 1 is 1.04 bits per heavy atom. The summed E-state index contributed by atoms with van der Waals surface area (Å²) < 4.78 is 11.6. The van der Waals surface area contributed by atoms with E-state index in [1.165, 1.54) is 0 Å². The van der Waals surface area contributed by atoms with Crippen molar-refractivity contribution in [3.05, 3.63) is 65.1 Å². The minimum atomic E-state index is -0.775. The van der Waals surface area contributed by atoms with Crippen LogP contribution in [0, 0.1) is 31.1 Å². The van der Waals surface area contributed by atoms with Crippen molar-refractivity contribution in [1.82, 2.24) is 15.0 Å². The summed E-state index contributed by atoms with van der Waals surface area (Å²) in [7, 11) is 1.58. The molecule has 5 rings (SSSR count). The minimum Gasteiger partial charge on any atom is -0.481 e. The molecule has 10 nitrogen and oxygen atoms in total. The summed E-state index contributed by atoms with van der Waals surface area (Å²) in [6.45, 7) is 12.8. The van der Waals surface area contributed by atoms with E-state index in [1.807, 2.05) is 44.2 Å². The number of pyridine rings is 3. The second kappa shape index (κ2) is 14.1. The summed E-state index contributed by atoms with van der Waals surface area (Å²) in [5.74, 6) is 1.48. The van der Waals surface area contributed by atoms with E-state index in [0.717, 1.165) is 61.3 Å². The van der Waals surface area contributed by atoms with Gasteiger partial charge in [0.15, 0.2) is 0 Å². The highest BCUT2D eigenvalue weighted by Crippen LogP contribution is 2.45. The third-order valence-electron chi connectivity index (χ3n) is 8.73. The van der Waals surface area contributed by atoms with Crippen molar-refractivity contribution in [2.45, 2.75) is 72.6 Å². The van der Waals surface area contributed by atoms with Crippen LogP contribution < -0.4 is 19.3 Å². The lowest BCUT2D eigenvalue weighted by molar-refractivity contribution is -0.137. The molecule has 10 heteroatoms. The molecule has 2 fully saturated rings. The van der Waals surface area contributed by atoms with Crippen LogP contribution in [0.25, 0.3) is 0 Å². The van der Waals surface area contributed by atoms with Crippen molar-refractivity contribution in [2.24, 2.45) is 17.3 Å². The van der Waals surface area contributed by atoms with Gasteiger partial charge in [0.05, 0.1) is 31.4 Å². The van der Waals surface area contributed by atoms with Crippen LogP contribution in [0.4, 0.5) is 11.5 Å². The molecule has 2 aliphatic rings. The third-order valence-corrected chi connectivity index (χ3v) is 8.73. The number of amides is 1. The number of methoxy groups -OCH3 is 1. The van der Waals surface area contributed by atoms with Gasteiger partial charge >= 0.3 is 5.97 Å². The lowest BCUT2D eigenvalue weighted by Gasteiger charge is -2.35. The predicted octanol–water partition coefficient (Wildman–Crippen LogP) is 6.45. The molecule has 1 aliphatic heterocycles. The first kappa shape index (κ1) is 33.2. The second-order valence-electron chi connectivity index (χ2n) is 14.1. The molecule has 46 heavy (non-hydrogen) atoms. The number of carbonyl (C=O) groups is 2. The van der Waals surface area contributed by atoms with E-state index in [9.17, 15) is 14.7 Å². The smallest absolute Gasteiger partial charge is 0.303 e. The van der Waals surface area contributed by atoms with Gasteiger partial charge in [-0.25, -0.2) is 15.0 Å². The zero-order valence-electron chi connectivity index (χ0n) is 28.0. The topological polar surface area (TPSA) is 118 Å². The number of piperidine rings is 1. The number of aliphatic carboxylic acids is 1. The van der Waals surface area contributed by atoms with Crippen molar-refractivity contribution >= 4 is 23.4 Å². The molecule has 0 aromatic carbocycles. The van der Waals surface area contributed by atoms with Gasteiger partial charge in [-0.05, 0) is 92.0 Å². The zero-order chi connectivity index (χ0) is 33.0. The molecule has 1 unspecified atom stereocenters. The fraction of sp³-hybridized carbons (Fsp3) is 0.528. The maximum Gasteiger partial charge on any atom is 0.303 e. The highest BCUT2D eigenvalue weighted by Gasteiger charge is 2.34. The van der Waals surface area contributed by atoms with E-state index in [1.54, 1.807) is 24.4 Å². The monoisotopic (exact) mass is 629 g/mol. The van der Waals surface area contributed by atoms with Gasteiger partial charge in [0.1, 0.15) is 5.82 Å². The number of nitrogens with zero attached hydrogens (tertiary/aromatic N) is 5. The van der Waals surface area contributed by atoms with E-state index in [2.05, 4.69) is 35.6 Å². The van der Waals surface area contributed by atoms with Crippen LogP contribution in [0.5, 0.6) is 11.8 Å². The Kier molecular flexibility index (Phi) is 10.1. The molecule has 3 aromatic rings. The fourth-order valence-corrected chi connectivity index (χ4v) is 6.32. The van der Waals surface area contributed by atoms with E-state index in [-0.39, 0.29) is 23.7 Å². The van der Waals surface area contributed by atoms with Gasteiger partial charge in [-0.2, -0.15) is 0 Å². The van der Waals surface area contributed by atoms with Gasteiger partial charge in [-0.1, -0.05) is 20.8 Å². The molecule has 246 valence electrons. The highest BCUT2D eigenvalue weighted by molar-refractivity contribution is 6.09. The molecular formula is C36H47N5O5. The first-order valence-corrected chi connectivity index (χ1v) is 16.3. The van der Waals surface area contributed by atoms with E-state index in [0.29, 0.717) is 48.1 Å². The number of ether oxygens (including phenoxy) is 2. The largest absolute Gasteiger partial charge is 0.481 e. The minimum absolute atomic E-state index is 0.00499. The number of aromatic nitrogens is 3. The predicted molar refractivity (Wildman–Crippen MR) is 178 cm³/mol. The number of aryl methyl sites for hydroxylation is 2. The molecular weight excluding hydrogens is 582 g/mol. The average molecular weight is 630 g/mol. The van der Waals surface area contributed by atoms with Gasteiger partial charge in [-0.15, -0.1) is 0 Å². The lowest BCUT2D eigenvalue weighted by Crippen LogP contribution is -2.41. The lowest BCUT2D eigenvalue weighted by atomic mass is 9.92. The van der Waals surface area contributed by atoms with Crippen LogP contribution in [0.1, 0.15) is 86.0 Å². The van der Waals surface area contributed by atoms with Crippen LogP contribution >= 0.6 is 0 Å². The van der Waals surface area contributed by atoms with Crippen molar-refractivity contribution in [3.63, 3.8) is 0 Å². The zero-order valence-corrected chi connectivity index (χ0v) is 28.0. The fourth-order valence-electron chi connectivity index (χ4n) is 6.32. The number of carboxylic acids is 1. The quantitative estimate of drug-likeness (QED) is 0.241. The highest BCUT2D eigenvalue weighted by atomic mass is 16.5. The van der Waals surface area contributed by atoms with Crippen LogP contribution in [-0.2, 0) is 4.79 Å². The van der Waals surface area contributed by atoms with Gasteiger partial charge in [-0.3, -0.25) is 14.5 Å². The molecule has 3 aromatic heterocycles. The number of carbonyl (C=O) groups excluding carboxylic acids is 1. The van der Waals surface area contributed by atoms with Crippen molar-refractivity contribution in [3.8, 4) is 11.8 Å². The molecule has 1 N–H and O–H groups in total. The standard InChI is InChI=1S/C36H47N5O5/c1-23-15-24(2)39-31(16-23)41(22-36(3,4)5)35(44)29-20-38-32(45-6)19-30(29)40-13-10-25(11-14-40)21-46-33-17-27(9-12-37-33)28(18-34(42)43)26-7-8-26/h9,12,15-17,19-20,25-26,28H,7-8,10-11,13-14,18,21-22H2,1-6H3,(H,42,43). The van der Waals surface area contributed by atoms with Crippen LogP contribution in [0.2, 0.25) is 0 Å². The van der Waals surface area contributed by atoms with Crippen molar-refractivity contribution in [2.75, 3.05) is 43.2 Å². The second-order valence-corrected chi connectivity index (χ2v) is 14.1. The third kappa shape index (κ3) is 8.53. The van der Waals surface area contributed by atoms with E-state index >= 15 is 0 Å². The van der Waals surface area contributed by atoms with Gasteiger partial charge in [0.25, 0.3) is 5.91 Å². The normalized spacial score (nSPS) is 16.2. The summed E-state index contributed by atoms with van der Waals surface area (Å²) in [4.78, 5) is 43.4. The maximum absolute atomic E-state index is 14.3. The molecule has 1 amide bonds. The summed E-state index contributed by atoms with van der Waals surface area (Å²) >= 11 is 0. The number of hydrogen-bond donors (Lipinski definition) is 1. The molecule has 4 heterocycles.